The van der Waals surface area contributed by atoms with E-state index in [9.17, 15) is 0 Å². The summed E-state index contributed by atoms with van der Waals surface area (Å²) < 4.78 is 6.44. The van der Waals surface area contributed by atoms with Crippen molar-refractivity contribution < 1.29 is 4.42 Å². The molecule has 2 heteroatoms. The zero-order chi connectivity index (χ0) is 37.0. The second kappa shape index (κ2) is 13.2. The molecule has 56 heavy (non-hydrogen) atoms. The standard InChI is InChI=1S/C54H35NO/c1-2-14-41-34-54-51(33-40(41)13-1)50-32-27-42(35-53(50)56-54)36-23-28-43(29-24-36)55(44-30-25-39(26-31-44)46-20-9-15-37-11-3-5-17-45(37)46)52-22-8-7-19-49(52)48-21-10-16-38-12-4-6-18-47(38)48/h1-35H. The highest BCUT2D eigenvalue weighted by Crippen LogP contribution is 2.44. The van der Waals surface area contributed by atoms with E-state index in [1.165, 1.54) is 54.6 Å². The molecule has 0 amide bonds. The van der Waals surface area contributed by atoms with Crippen LogP contribution >= 0.6 is 0 Å². The molecule has 0 saturated carbocycles. The Bertz CT molecular complexity index is 3230. The summed E-state index contributed by atoms with van der Waals surface area (Å²) in [5, 5.41) is 9.64. The van der Waals surface area contributed by atoms with Crippen LogP contribution in [-0.2, 0) is 0 Å². The fourth-order valence-electron chi connectivity index (χ4n) is 8.50. The van der Waals surface area contributed by atoms with Gasteiger partial charge in [-0.2, -0.15) is 0 Å². The van der Waals surface area contributed by atoms with Gasteiger partial charge in [0.25, 0.3) is 0 Å². The third-order valence-electron chi connectivity index (χ3n) is 11.2. The van der Waals surface area contributed by atoms with Crippen molar-refractivity contribution in [2.24, 2.45) is 0 Å². The Kier molecular flexibility index (Phi) is 7.53. The molecule has 1 aromatic heterocycles. The van der Waals surface area contributed by atoms with Crippen molar-refractivity contribution in [1.82, 2.24) is 0 Å². The van der Waals surface area contributed by atoms with Gasteiger partial charge in [-0.25, -0.2) is 0 Å². The van der Waals surface area contributed by atoms with Gasteiger partial charge in [0.2, 0.25) is 0 Å². The van der Waals surface area contributed by atoms with Gasteiger partial charge in [-0.3, -0.25) is 0 Å². The molecule has 0 atom stereocenters. The van der Waals surface area contributed by atoms with Crippen molar-refractivity contribution in [2.45, 2.75) is 0 Å². The average Bonchev–Trinajstić information content (AvgIpc) is 3.62. The summed E-state index contributed by atoms with van der Waals surface area (Å²) in [6.07, 6.45) is 0. The molecule has 0 unspecified atom stereocenters. The average molecular weight is 714 g/mol. The molecular formula is C54H35NO. The van der Waals surface area contributed by atoms with Crippen LogP contribution in [0.25, 0.3) is 87.6 Å². The highest BCUT2D eigenvalue weighted by atomic mass is 16.3. The normalized spacial score (nSPS) is 11.6. The van der Waals surface area contributed by atoms with Crippen LogP contribution in [0.5, 0.6) is 0 Å². The van der Waals surface area contributed by atoms with Crippen molar-refractivity contribution in [2.75, 3.05) is 4.90 Å². The second-order valence-electron chi connectivity index (χ2n) is 14.5. The molecule has 11 aromatic rings. The van der Waals surface area contributed by atoms with Crippen LogP contribution in [0, 0.1) is 0 Å². The summed E-state index contributed by atoms with van der Waals surface area (Å²) >= 11 is 0. The van der Waals surface area contributed by atoms with Crippen molar-refractivity contribution in [1.29, 1.82) is 0 Å². The van der Waals surface area contributed by atoms with Gasteiger partial charge in [-0.15, -0.1) is 0 Å². The van der Waals surface area contributed by atoms with Crippen molar-refractivity contribution in [3.63, 3.8) is 0 Å². The van der Waals surface area contributed by atoms with Crippen LogP contribution in [0.3, 0.4) is 0 Å². The molecule has 0 aliphatic carbocycles. The maximum atomic E-state index is 6.44. The highest BCUT2D eigenvalue weighted by Gasteiger charge is 2.19. The Morgan fingerprint density at radius 2 is 0.786 bits per heavy atom. The minimum atomic E-state index is 0.897. The van der Waals surface area contributed by atoms with Gasteiger partial charge in [-0.1, -0.05) is 158 Å². The maximum absolute atomic E-state index is 6.44. The fourth-order valence-corrected chi connectivity index (χ4v) is 8.50. The van der Waals surface area contributed by atoms with Crippen LogP contribution in [0.4, 0.5) is 17.1 Å². The number of fused-ring (bicyclic) bond motifs is 6. The van der Waals surface area contributed by atoms with Gasteiger partial charge >= 0.3 is 0 Å². The molecule has 0 spiro atoms. The molecule has 2 nitrogen and oxygen atoms in total. The monoisotopic (exact) mass is 713 g/mol. The lowest BCUT2D eigenvalue weighted by Crippen LogP contribution is -2.11. The van der Waals surface area contributed by atoms with Gasteiger partial charge in [0, 0.05) is 27.7 Å². The predicted octanol–water partition coefficient (Wildman–Crippen LogP) is 15.5. The minimum absolute atomic E-state index is 0.897. The Hall–Kier alpha value is -7.42. The smallest absolute Gasteiger partial charge is 0.136 e. The van der Waals surface area contributed by atoms with Crippen molar-refractivity contribution >= 4 is 71.3 Å². The van der Waals surface area contributed by atoms with Gasteiger partial charge in [0.15, 0.2) is 0 Å². The number of hydrogen-bond donors (Lipinski definition) is 0. The number of hydrogen-bond acceptors (Lipinski definition) is 2. The molecule has 262 valence electrons. The lowest BCUT2D eigenvalue weighted by Gasteiger charge is -2.28. The Balaban J connectivity index is 1.03. The van der Waals surface area contributed by atoms with E-state index in [1.807, 2.05) is 0 Å². The van der Waals surface area contributed by atoms with Crippen LogP contribution in [0.1, 0.15) is 0 Å². The molecule has 0 aliphatic heterocycles. The second-order valence-corrected chi connectivity index (χ2v) is 14.5. The molecule has 11 rings (SSSR count). The van der Waals surface area contributed by atoms with Crippen LogP contribution in [0.15, 0.2) is 217 Å². The summed E-state index contributed by atoms with van der Waals surface area (Å²) in [4.78, 5) is 2.39. The molecule has 0 bridgehead atoms. The molecule has 0 fully saturated rings. The van der Waals surface area contributed by atoms with Crippen molar-refractivity contribution in [3.05, 3.63) is 212 Å². The molecule has 0 N–H and O–H groups in total. The molecule has 1 heterocycles. The van der Waals surface area contributed by atoms with E-state index in [1.54, 1.807) is 0 Å². The number of benzene rings is 10. The number of nitrogens with zero attached hydrogens (tertiary/aromatic N) is 1. The first-order valence-corrected chi connectivity index (χ1v) is 19.2. The Morgan fingerprint density at radius 1 is 0.286 bits per heavy atom. The van der Waals surface area contributed by atoms with Crippen LogP contribution < -0.4 is 4.90 Å². The summed E-state index contributed by atoms with van der Waals surface area (Å²) in [7, 11) is 0. The molecular weight excluding hydrogens is 679 g/mol. The van der Waals surface area contributed by atoms with Crippen molar-refractivity contribution in [3.8, 4) is 33.4 Å². The fraction of sp³-hybridized carbons (Fsp3) is 0. The highest BCUT2D eigenvalue weighted by molar-refractivity contribution is 6.11. The van der Waals surface area contributed by atoms with Gasteiger partial charge in [0.1, 0.15) is 11.2 Å². The van der Waals surface area contributed by atoms with E-state index in [0.717, 1.165) is 50.1 Å². The maximum Gasteiger partial charge on any atom is 0.136 e. The summed E-state index contributed by atoms with van der Waals surface area (Å²) in [6.45, 7) is 0. The van der Waals surface area contributed by atoms with E-state index in [-0.39, 0.29) is 0 Å². The minimum Gasteiger partial charge on any atom is -0.456 e. The molecule has 0 aliphatic rings. The lowest BCUT2D eigenvalue weighted by molar-refractivity contribution is 0.669. The zero-order valence-corrected chi connectivity index (χ0v) is 30.6. The third-order valence-corrected chi connectivity index (χ3v) is 11.2. The van der Waals surface area contributed by atoms with Gasteiger partial charge in [0.05, 0.1) is 5.69 Å². The SMILES string of the molecule is c1ccc(N(c2ccc(-c3ccc4c(c3)oc3cc5ccccc5cc34)cc2)c2ccc(-c3cccc4ccccc34)cc2)c(-c2cccc3ccccc23)c1. The number of anilines is 3. The first-order valence-electron chi connectivity index (χ1n) is 19.2. The number of para-hydroxylation sites is 1. The molecule has 10 aromatic carbocycles. The lowest BCUT2D eigenvalue weighted by atomic mass is 9.95. The first kappa shape index (κ1) is 32.0. The molecule has 0 radical (unpaired) electrons. The third kappa shape index (κ3) is 5.42. The van der Waals surface area contributed by atoms with Gasteiger partial charge in [-0.05, 0) is 115 Å². The Morgan fingerprint density at radius 3 is 1.50 bits per heavy atom. The zero-order valence-electron chi connectivity index (χ0n) is 30.6. The van der Waals surface area contributed by atoms with E-state index >= 15 is 0 Å². The van der Waals surface area contributed by atoms with Gasteiger partial charge < -0.3 is 9.32 Å². The summed E-state index contributed by atoms with van der Waals surface area (Å²) in [5.74, 6) is 0. The topological polar surface area (TPSA) is 16.4 Å². The van der Waals surface area contributed by atoms with E-state index in [4.69, 9.17) is 4.42 Å². The first-order chi connectivity index (χ1) is 27.7. The summed E-state index contributed by atoms with van der Waals surface area (Å²) in [5.41, 5.74) is 12.2. The largest absolute Gasteiger partial charge is 0.456 e. The van der Waals surface area contributed by atoms with E-state index in [0.29, 0.717) is 0 Å². The van der Waals surface area contributed by atoms with E-state index < -0.39 is 0 Å². The number of rotatable bonds is 6. The quantitative estimate of drug-likeness (QED) is 0.171. The van der Waals surface area contributed by atoms with Crippen LogP contribution in [0.2, 0.25) is 0 Å². The Labute approximate surface area is 325 Å². The summed E-state index contributed by atoms with van der Waals surface area (Å²) in [6, 6.07) is 76.5. The molecule has 0 saturated heterocycles. The number of furan rings is 1. The van der Waals surface area contributed by atoms with Crippen LogP contribution in [-0.4, -0.2) is 0 Å². The predicted molar refractivity (Wildman–Crippen MR) is 237 cm³/mol. The van der Waals surface area contributed by atoms with E-state index in [2.05, 4.69) is 217 Å².